The maximum Gasteiger partial charge on any atom is 0.143 e. The van der Waals surface area contributed by atoms with Crippen molar-refractivity contribution in [3.05, 3.63) is 237 Å². The first-order chi connectivity index (χ1) is 30.8. The van der Waals surface area contributed by atoms with Crippen molar-refractivity contribution in [2.45, 2.75) is 0 Å². The smallest absolute Gasteiger partial charge is 0.143 e. The summed E-state index contributed by atoms with van der Waals surface area (Å²) in [4.78, 5) is 2.39. The van der Waals surface area contributed by atoms with Gasteiger partial charge in [0, 0.05) is 33.2 Å². The van der Waals surface area contributed by atoms with Crippen molar-refractivity contribution in [3.8, 4) is 22.3 Å². The van der Waals surface area contributed by atoms with Gasteiger partial charge in [-0.2, -0.15) is 0 Å². The first kappa shape index (κ1) is 35.7. The molecule has 0 saturated carbocycles. The van der Waals surface area contributed by atoms with Crippen molar-refractivity contribution < 1.29 is 4.42 Å². The molecule has 0 atom stereocenters. The first-order valence-electron chi connectivity index (χ1n) is 21.3. The Kier molecular flexibility index (Phi) is 8.53. The molecule has 2 nitrogen and oxygen atoms in total. The van der Waals surface area contributed by atoms with E-state index in [1.54, 1.807) is 0 Å². The van der Waals surface area contributed by atoms with Crippen molar-refractivity contribution in [1.29, 1.82) is 0 Å². The molecule has 0 aliphatic rings. The van der Waals surface area contributed by atoms with Gasteiger partial charge in [0.2, 0.25) is 0 Å². The Bertz CT molecular complexity index is 3640. The Morgan fingerprint density at radius 1 is 0.242 bits per heavy atom. The number of anilines is 3. The number of furan rings is 1. The Balaban J connectivity index is 1.20. The summed E-state index contributed by atoms with van der Waals surface area (Å²) in [7, 11) is 0. The van der Waals surface area contributed by atoms with Gasteiger partial charge in [-0.1, -0.05) is 188 Å². The highest BCUT2D eigenvalue weighted by atomic mass is 16.3. The van der Waals surface area contributed by atoms with Crippen LogP contribution >= 0.6 is 0 Å². The van der Waals surface area contributed by atoms with Gasteiger partial charge in [0.1, 0.15) is 11.2 Å². The maximum absolute atomic E-state index is 6.90. The van der Waals surface area contributed by atoms with E-state index in [1.165, 1.54) is 49.2 Å². The number of benzene rings is 10. The standard InChI is InChI=1S/C60H39NO/c1-3-15-40(16-4-1)42-27-31-44(32-28-42)61(45-33-29-43(30-34-45)41-17-5-2-6-18-41)46-35-36-52-55-37-38-56-53-24-13-14-26-58(53)62-60(56)59(55)54-25-12-11-22-50(54)48-20-8-7-19-47(48)49-21-9-10-23-51(49)57(52)39-46/h1-39H. The molecule has 0 amide bonds. The SMILES string of the molecule is c1ccc(-c2ccc(N(c3ccc(-c4ccccc4)cc3)c3ccc4c(c3)c3ccccc3c3ccccc3c3ccccc3c3c4ccc4c5ccccc5oc43)cc2)cc1. The zero-order valence-corrected chi connectivity index (χ0v) is 33.9. The number of para-hydroxylation sites is 1. The minimum Gasteiger partial charge on any atom is -0.455 e. The molecule has 1 aromatic heterocycles. The van der Waals surface area contributed by atoms with Crippen LogP contribution in [-0.2, 0) is 0 Å². The van der Waals surface area contributed by atoms with E-state index in [2.05, 4.69) is 241 Å². The van der Waals surface area contributed by atoms with Crippen LogP contribution in [0, 0.1) is 0 Å². The summed E-state index contributed by atoms with van der Waals surface area (Å²) in [6.07, 6.45) is 0. The van der Waals surface area contributed by atoms with Crippen molar-refractivity contribution >= 4 is 92.9 Å². The predicted molar refractivity (Wildman–Crippen MR) is 264 cm³/mol. The lowest BCUT2D eigenvalue weighted by Crippen LogP contribution is -2.09. The maximum atomic E-state index is 6.90. The topological polar surface area (TPSA) is 16.4 Å². The monoisotopic (exact) mass is 789 g/mol. The van der Waals surface area contributed by atoms with Gasteiger partial charge in [0.25, 0.3) is 0 Å². The lowest BCUT2D eigenvalue weighted by atomic mass is 9.93. The van der Waals surface area contributed by atoms with E-state index in [4.69, 9.17) is 4.42 Å². The Labute approximate surface area is 359 Å². The van der Waals surface area contributed by atoms with Crippen molar-refractivity contribution in [3.63, 3.8) is 0 Å². The van der Waals surface area contributed by atoms with E-state index in [9.17, 15) is 0 Å². The zero-order chi connectivity index (χ0) is 41.0. The first-order valence-corrected chi connectivity index (χ1v) is 21.3. The number of rotatable bonds is 5. The summed E-state index contributed by atoms with van der Waals surface area (Å²) in [6, 6.07) is 85.6. The van der Waals surface area contributed by atoms with Crippen LogP contribution in [0.1, 0.15) is 0 Å². The summed E-state index contributed by atoms with van der Waals surface area (Å²) in [6.45, 7) is 0. The van der Waals surface area contributed by atoms with Gasteiger partial charge < -0.3 is 9.32 Å². The van der Waals surface area contributed by atoms with Crippen molar-refractivity contribution in [1.82, 2.24) is 0 Å². The van der Waals surface area contributed by atoms with Crippen LogP contribution in [0.15, 0.2) is 241 Å². The van der Waals surface area contributed by atoms with Crippen LogP contribution in [0.5, 0.6) is 0 Å². The molecule has 0 bridgehead atoms. The van der Waals surface area contributed by atoms with Crippen LogP contribution < -0.4 is 4.90 Å². The minimum atomic E-state index is 0.888. The normalized spacial score (nSPS) is 11.5. The Morgan fingerprint density at radius 2 is 0.597 bits per heavy atom. The largest absolute Gasteiger partial charge is 0.455 e. The van der Waals surface area contributed by atoms with Gasteiger partial charge in [-0.25, -0.2) is 0 Å². The number of fused-ring (bicyclic) bond motifs is 14. The minimum absolute atomic E-state index is 0.888. The lowest BCUT2D eigenvalue weighted by Gasteiger charge is -2.26. The average Bonchev–Trinajstić information content (AvgIpc) is 3.73. The van der Waals surface area contributed by atoms with Gasteiger partial charge in [-0.3, -0.25) is 0 Å². The van der Waals surface area contributed by atoms with Crippen molar-refractivity contribution in [2.75, 3.05) is 4.90 Å². The zero-order valence-electron chi connectivity index (χ0n) is 33.9. The molecule has 0 fully saturated rings. The van der Waals surface area contributed by atoms with Crippen LogP contribution in [0.3, 0.4) is 0 Å². The van der Waals surface area contributed by atoms with Gasteiger partial charge in [-0.15, -0.1) is 0 Å². The van der Waals surface area contributed by atoms with E-state index in [0.717, 1.165) is 65.9 Å². The molecule has 0 spiro atoms. The van der Waals surface area contributed by atoms with Gasteiger partial charge in [0.15, 0.2) is 0 Å². The predicted octanol–water partition coefficient (Wildman–Crippen LogP) is 17.3. The second kappa shape index (κ2) is 14.8. The second-order valence-electron chi connectivity index (χ2n) is 16.0. The molecule has 12 aromatic rings. The van der Waals surface area contributed by atoms with Crippen LogP contribution in [0.25, 0.3) is 98.1 Å². The third kappa shape index (κ3) is 5.96. The van der Waals surface area contributed by atoms with E-state index < -0.39 is 0 Å². The van der Waals surface area contributed by atoms with Crippen molar-refractivity contribution in [2.24, 2.45) is 0 Å². The second-order valence-corrected chi connectivity index (χ2v) is 16.0. The molecule has 12 rings (SSSR count). The molecule has 0 aliphatic carbocycles. The summed E-state index contributed by atoms with van der Waals surface area (Å²) < 4.78 is 6.90. The molecule has 2 heteroatoms. The molecule has 290 valence electrons. The highest BCUT2D eigenvalue weighted by Crippen LogP contribution is 2.44. The number of nitrogens with zero attached hydrogens (tertiary/aromatic N) is 1. The highest BCUT2D eigenvalue weighted by Gasteiger charge is 2.18. The van der Waals surface area contributed by atoms with Gasteiger partial charge in [-0.05, 0) is 119 Å². The fourth-order valence-electron chi connectivity index (χ4n) is 9.57. The Morgan fingerprint density at radius 3 is 1.15 bits per heavy atom. The number of hydrogen-bond acceptors (Lipinski definition) is 2. The fraction of sp³-hybridized carbons (Fsp3) is 0. The molecule has 0 radical (unpaired) electrons. The van der Waals surface area contributed by atoms with Gasteiger partial charge in [0.05, 0.1) is 0 Å². The molecule has 0 saturated heterocycles. The van der Waals surface area contributed by atoms with Crippen LogP contribution in [0.4, 0.5) is 17.1 Å². The molecule has 0 unspecified atom stereocenters. The van der Waals surface area contributed by atoms with E-state index >= 15 is 0 Å². The molecule has 1 heterocycles. The Hall–Kier alpha value is -8.20. The average molecular weight is 790 g/mol. The van der Waals surface area contributed by atoms with Crippen LogP contribution in [0.2, 0.25) is 0 Å². The third-order valence-corrected chi connectivity index (χ3v) is 12.5. The van der Waals surface area contributed by atoms with Crippen LogP contribution in [-0.4, -0.2) is 0 Å². The number of hydrogen-bond donors (Lipinski definition) is 0. The lowest BCUT2D eigenvalue weighted by molar-refractivity contribution is 0.673. The molecule has 0 aliphatic heterocycles. The van der Waals surface area contributed by atoms with Gasteiger partial charge >= 0.3 is 0 Å². The van der Waals surface area contributed by atoms with E-state index in [0.29, 0.717) is 0 Å². The molecule has 11 aromatic carbocycles. The third-order valence-electron chi connectivity index (χ3n) is 12.5. The summed E-state index contributed by atoms with van der Waals surface area (Å²) in [5.41, 5.74) is 9.76. The van der Waals surface area contributed by atoms with E-state index in [-0.39, 0.29) is 0 Å². The molecule has 62 heavy (non-hydrogen) atoms. The summed E-state index contributed by atoms with van der Waals surface area (Å²) >= 11 is 0. The molecular weight excluding hydrogens is 751 g/mol. The fourth-order valence-corrected chi connectivity index (χ4v) is 9.57. The highest BCUT2D eigenvalue weighted by molar-refractivity contribution is 6.31. The molecular formula is C60H39NO. The summed E-state index contributed by atoms with van der Waals surface area (Å²) in [5, 5.41) is 13.8. The molecule has 0 N–H and O–H groups in total. The van der Waals surface area contributed by atoms with E-state index in [1.807, 2.05) is 0 Å². The summed E-state index contributed by atoms with van der Waals surface area (Å²) in [5.74, 6) is 0. The quantitative estimate of drug-likeness (QED) is 0.173.